The highest BCUT2D eigenvalue weighted by molar-refractivity contribution is 6.32. The van der Waals surface area contributed by atoms with Crippen molar-refractivity contribution < 1.29 is 14.4 Å². The zero-order valence-electron chi connectivity index (χ0n) is 14.1. The average molecular weight is 352 g/mol. The van der Waals surface area contributed by atoms with Gasteiger partial charge in [-0.1, -0.05) is 43.6 Å². The summed E-state index contributed by atoms with van der Waals surface area (Å²) in [7, 11) is 0. The molecule has 2 rings (SSSR count). The van der Waals surface area contributed by atoms with Crippen molar-refractivity contribution in [2.45, 2.75) is 45.2 Å². The fourth-order valence-electron chi connectivity index (χ4n) is 2.80. The first-order valence-corrected chi connectivity index (χ1v) is 8.39. The zero-order chi connectivity index (χ0) is 17.9. The Balaban J connectivity index is 2.17. The number of nitrogens with zero attached hydrogens (tertiary/aromatic N) is 1. The van der Waals surface area contributed by atoms with Gasteiger partial charge in [-0.15, -0.1) is 0 Å². The molecule has 6 nitrogen and oxygen atoms in total. The highest BCUT2D eigenvalue weighted by Crippen LogP contribution is 2.33. The molecule has 0 aliphatic carbocycles. The number of amides is 4. The van der Waals surface area contributed by atoms with Crippen molar-refractivity contribution >= 4 is 29.4 Å². The summed E-state index contributed by atoms with van der Waals surface area (Å²) >= 11 is 6.17. The van der Waals surface area contributed by atoms with Gasteiger partial charge < -0.3 is 10.6 Å². The maximum atomic E-state index is 12.8. The van der Waals surface area contributed by atoms with Crippen LogP contribution >= 0.6 is 11.6 Å². The molecule has 1 unspecified atom stereocenters. The Morgan fingerprint density at radius 3 is 2.50 bits per heavy atom. The van der Waals surface area contributed by atoms with Gasteiger partial charge in [0.1, 0.15) is 12.1 Å². The van der Waals surface area contributed by atoms with E-state index in [0.29, 0.717) is 10.6 Å². The zero-order valence-corrected chi connectivity index (χ0v) is 14.8. The highest BCUT2D eigenvalue weighted by atomic mass is 35.5. The molecule has 4 amide bonds. The van der Waals surface area contributed by atoms with Crippen molar-refractivity contribution in [1.82, 2.24) is 15.5 Å². The van der Waals surface area contributed by atoms with Crippen LogP contribution in [0.5, 0.6) is 0 Å². The minimum atomic E-state index is -1.27. The van der Waals surface area contributed by atoms with Crippen LogP contribution in [0.3, 0.4) is 0 Å². The number of halogens is 1. The average Bonchev–Trinajstić information content (AvgIpc) is 2.77. The van der Waals surface area contributed by atoms with E-state index in [4.69, 9.17) is 11.6 Å². The van der Waals surface area contributed by atoms with Crippen LogP contribution in [0.4, 0.5) is 4.79 Å². The molecule has 1 aliphatic rings. The predicted octanol–water partition coefficient (Wildman–Crippen LogP) is 2.41. The summed E-state index contributed by atoms with van der Waals surface area (Å²) < 4.78 is 0. The van der Waals surface area contributed by atoms with Crippen molar-refractivity contribution in [1.29, 1.82) is 0 Å². The molecule has 0 bridgehead atoms. The van der Waals surface area contributed by atoms with Crippen LogP contribution < -0.4 is 10.6 Å². The number of hydrogen-bond donors (Lipinski definition) is 2. The smallest absolute Gasteiger partial charge is 0.325 e. The predicted molar refractivity (Wildman–Crippen MR) is 91.6 cm³/mol. The van der Waals surface area contributed by atoms with Crippen LogP contribution in [0.2, 0.25) is 5.02 Å². The van der Waals surface area contributed by atoms with E-state index in [1.165, 1.54) is 0 Å². The van der Waals surface area contributed by atoms with E-state index in [0.717, 1.165) is 17.7 Å². The number of benzene rings is 1. The van der Waals surface area contributed by atoms with Crippen LogP contribution in [-0.2, 0) is 15.1 Å². The number of carbonyl (C=O) groups excluding carboxylic acids is 3. The second-order valence-electron chi connectivity index (χ2n) is 6.01. The van der Waals surface area contributed by atoms with Crippen molar-refractivity contribution in [3.05, 3.63) is 34.9 Å². The van der Waals surface area contributed by atoms with E-state index >= 15 is 0 Å². The summed E-state index contributed by atoms with van der Waals surface area (Å²) in [5.74, 6) is -0.837. The second kappa shape index (κ2) is 7.21. The molecule has 1 aromatic carbocycles. The summed E-state index contributed by atoms with van der Waals surface area (Å²) in [5.41, 5.74) is -0.766. The summed E-state index contributed by atoms with van der Waals surface area (Å²) in [6.45, 7) is 5.22. The Morgan fingerprint density at radius 1 is 1.29 bits per heavy atom. The first-order chi connectivity index (χ1) is 11.3. The molecule has 0 spiro atoms. The molecular formula is C17H22ClN3O3. The van der Waals surface area contributed by atoms with Crippen LogP contribution in [0.15, 0.2) is 24.3 Å². The lowest BCUT2D eigenvalue weighted by atomic mass is 9.92. The van der Waals surface area contributed by atoms with E-state index in [1.54, 1.807) is 31.2 Å². The van der Waals surface area contributed by atoms with Gasteiger partial charge in [0.2, 0.25) is 5.91 Å². The third-order valence-electron chi connectivity index (χ3n) is 4.34. The third kappa shape index (κ3) is 3.38. The van der Waals surface area contributed by atoms with Gasteiger partial charge in [0.05, 0.1) is 0 Å². The molecule has 7 heteroatoms. The lowest BCUT2D eigenvalue weighted by Crippen LogP contribution is -2.45. The van der Waals surface area contributed by atoms with Gasteiger partial charge in [0.25, 0.3) is 5.91 Å². The van der Waals surface area contributed by atoms with Crippen LogP contribution in [0.25, 0.3) is 0 Å². The van der Waals surface area contributed by atoms with E-state index in [9.17, 15) is 14.4 Å². The summed E-state index contributed by atoms with van der Waals surface area (Å²) in [4.78, 5) is 38.0. The second-order valence-corrected chi connectivity index (χ2v) is 6.41. The number of nitrogens with one attached hydrogen (secondary N) is 2. The van der Waals surface area contributed by atoms with Crippen molar-refractivity contribution in [3.63, 3.8) is 0 Å². The fourth-order valence-corrected chi connectivity index (χ4v) is 3.12. The molecule has 1 aromatic rings. The first kappa shape index (κ1) is 18.3. The highest BCUT2D eigenvalue weighted by Gasteiger charge is 2.50. The fraction of sp³-hybridized carbons (Fsp3) is 0.471. The Morgan fingerprint density at radius 2 is 1.92 bits per heavy atom. The quantitative estimate of drug-likeness (QED) is 0.772. The lowest BCUT2D eigenvalue weighted by molar-refractivity contribution is -0.135. The molecular weight excluding hydrogens is 330 g/mol. The molecule has 1 atom stereocenters. The molecule has 0 radical (unpaired) electrons. The third-order valence-corrected chi connectivity index (χ3v) is 4.67. The van der Waals surface area contributed by atoms with Gasteiger partial charge in [-0.25, -0.2) is 4.79 Å². The Labute approximate surface area is 146 Å². The van der Waals surface area contributed by atoms with Gasteiger partial charge in [0.15, 0.2) is 0 Å². The number of urea groups is 1. The lowest BCUT2D eigenvalue weighted by Gasteiger charge is -2.23. The van der Waals surface area contributed by atoms with Crippen LogP contribution in [-0.4, -0.2) is 35.3 Å². The minimum Gasteiger partial charge on any atom is -0.352 e. The Hall–Kier alpha value is -2.08. The molecule has 1 saturated heterocycles. The molecule has 1 aliphatic heterocycles. The van der Waals surface area contributed by atoms with Crippen molar-refractivity contribution in [2.75, 3.05) is 6.54 Å². The minimum absolute atomic E-state index is 0.0354. The molecule has 2 N–H and O–H groups in total. The van der Waals surface area contributed by atoms with E-state index in [1.807, 2.05) is 13.8 Å². The topological polar surface area (TPSA) is 78.5 Å². The van der Waals surface area contributed by atoms with Gasteiger partial charge in [-0.3, -0.25) is 14.5 Å². The summed E-state index contributed by atoms with van der Waals surface area (Å²) in [6.07, 6.45) is 1.58. The standard InChI is InChI=1S/C17H22ClN3O3/c1-4-11(5-2)19-14(22)10-21-15(23)17(3,20-16(21)24)12-8-6-7-9-13(12)18/h6-9,11H,4-5,10H2,1-3H3,(H,19,22)(H,20,24). The Bertz CT molecular complexity index is 660. The van der Waals surface area contributed by atoms with Crippen molar-refractivity contribution in [2.24, 2.45) is 0 Å². The molecule has 0 aromatic heterocycles. The van der Waals surface area contributed by atoms with Gasteiger partial charge in [0, 0.05) is 16.6 Å². The monoisotopic (exact) mass is 351 g/mol. The number of imide groups is 1. The SMILES string of the molecule is CCC(CC)NC(=O)CN1C(=O)NC(C)(c2ccccc2Cl)C1=O. The van der Waals surface area contributed by atoms with Crippen molar-refractivity contribution in [3.8, 4) is 0 Å². The maximum absolute atomic E-state index is 12.8. The van der Waals surface area contributed by atoms with E-state index in [-0.39, 0.29) is 18.5 Å². The van der Waals surface area contributed by atoms with Gasteiger partial charge in [-0.2, -0.15) is 0 Å². The number of carbonyl (C=O) groups is 3. The first-order valence-electron chi connectivity index (χ1n) is 8.02. The number of rotatable bonds is 6. The molecule has 1 fully saturated rings. The molecule has 0 saturated carbocycles. The van der Waals surface area contributed by atoms with Gasteiger partial charge in [-0.05, 0) is 25.8 Å². The summed E-state index contributed by atoms with van der Waals surface area (Å²) in [5, 5.41) is 5.86. The molecule has 1 heterocycles. The van der Waals surface area contributed by atoms with Crippen LogP contribution in [0.1, 0.15) is 39.2 Å². The Kier molecular flexibility index (Phi) is 5.49. The van der Waals surface area contributed by atoms with Crippen LogP contribution in [0, 0.1) is 0 Å². The maximum Gasteiger partial charge on any atom is 0.325 e. The normalized spacial score (nSPS) is 20.5. The van der Waals surface area contributed by atoms with E-state index in [2.05, 4.69) is 10.6 Å². The van der Waals surface area contributed by atoms with E-state index < -0.39 is 17.5 Å². The molecule has 24 heavy (non-hydrogen) atoms. The largest absolute Gasteiger partial charge is 0.352 e. The number of hydrogen-bond acceptors (Lipinski definition) is 3. The van der Waals surface area contributed by atoms with Gasteiger partial charge >= 0.3 is 6.03 Å². The molecule has 130 valence electrons. The summed E-state index contributed by atoms with van der Waals surface area (Å²) in [6, 6.07) is 6.28.